The molecule has 0 bridgehead atoms. The van der Waals surface area contributed by atoms with Crippen LogP contribution in [0, 0.1) is 6.92 Å². The molecule has 2 rings (SSSR count). The monoisotopic (exact) mass is 282 g/mol. The number of nitrogen functional groups attached to an aromatic ring is 1. The maximum absolute atomic E-state index is 12.2. The van der Waals surface area contributed by atoms with Gasteiger partial charge in [0.15, 0.2) is 0 Å². The lowest BCUT2D eigenvalue weighted by molar-refractivity contribution is 0.0939. The molecule has 2 aromatic rings. The lowest BCUT2D eigenvalue weighted by Crippen LogP contribution is -2.33. The van der Waals surface area contributed by atoms with Crippen molar-refractivity contribution < 1.29 is 4.79 Å². The molecule has 0 fully saturated rings. The standard InChI is InChI=1S/C18H22N2O/c1-13-8-11-16(17(19)12-13)18(21)20-14(2)9-10-15-6-4-3-5-7-15/h3-8,11-12,14H,9-10,19H2,1-2H3,(H,20,21). The maximum Gasteiger partial charge on any atom is 0.253 e. The molecule has 0 aliphatic carbocycles. The van der Waals surface area contributed by atoms with E-state index in [4.69, 9.17) is 5.73 Å². The first-order valence-corrected chi connectivity index (χ1v) is 7.27. The van der Waals surface area contributed by atoms with Crippen molar-refractivity contribution in [2.45, 2.75) is 32.7 Å². The van der Waals surface area contributed by atoms with Crippen LogP contribution in [0.5, 0.6) is 0 Å². The molecule has 3 N–H and O–H groups in total. The topological polar surface area (TPSA) is 55.1 Å². The number of benzene rings is 2. The second-order valence-electron chi connectivity index (χ2n) is 5.49. The minimum absolute atomic E-state index is 0.104. The highest BCUT2D eigenvalue weighted by molar-refractivity contribution is 5.99. The van der Waals surface area contributed by atoms with Gasteiger partial charge in [-0.15, -0.1) is 0 Å². The van der Waals surface area contributed by atoms with E-state index in [9.17, 15) is 4.79 Å². The van der Waals surface area contributed by atoms with Crippen molar-refractivity contribution in [3.05, 3.63) is 65.2 Å². The van der Waals surface area contributed by atoms with Crippen LogP contribution in [-0.2, 0) is 6.42 Å². The van der Waals surface area contributed by atoms with Crippen LogP contribution in [-0.4, -0.2) is 11.9 Å². The summed E-state index contributed by atoms with van der Waals surface area (Å²) in [6.45, 7) is 3.98. The van der Waals surface area contributed by atoms with Crippen molar-refractivity contribution in [2.24, 2.45) is 0 Å². The average Bonchev–Trinajstić information content (AvgIpc) is 2.46. The number of nitrogens with one attached hydrogen (secondary N) is 1. The van der Waals surface area contributed by atoms with Crippen molar-refractivity contribution in [2.75, 3.05) is 5.73 Å². The van der Waals surface area contributed by atoms with Gasteiger partial charge in [0.1, 0.15) is 0 Å². The Morgan fingerprint density at radius 2 is 1.90 bits per heavy atom. The summed E-state index contributed by atoms with van der Waals surface area (Å²) < 4.78 is 0. The van der Waals surface area contributed by atoms with Crippen LogP contribution in [0.2, 0.25) is 0 Å². The molecule has 1 atom stereocenters. The van der Waals surface area contributed by atoms with Gasteiger partial charge in [-0.2, -0.15) is 0 Å². The minimum Gasteiger partial charge on any atom is -0.398 e. The summed E-state index contributed by atoms with van der Waals surface area (Å²) in [6, 6.07) is 15.9. The van der Waals surface area contributed by atoms with Crippen LogP contribution < -0.4 is 11.1 Å². The number of aryl methyl sites for hydroxylation is 2. The Labute approximate surface area is 126 Å². The Bertz CT molecular complexity index is 608. The largest absolute Gasteiger partial charge is 0.398 e. The zero-order valence-electron chi connectivity index (χ0n) is 12.6. The molecule has 0 heterocycles. The molecule has 0 spiro atoms. The van der Waals surface area contributed by atoms with Crippen LogP contribution in [0.25, 0.3) is 0 Å². The summed E-state index contributed by atoms with van der Waals surface area (Å²) >= 11 is 0. The number of carbonyl (C=O) groups excluding carboxylic acids is 1. The molecular formula is C18H22N2O. The summed E-state index contributed by atoms with van der Waals surface area (Å²) in [7, 11) is 0. The van der Waals surface area contributed by atoms with Crippen molar-refractivity contribution in [1.29, 1.82) is 0 Å². The molecule has 110 valence electrons. The SMILES string of the molecule is Cc1ccc(C(=O)NC(C)CCc2ccccc2)c(N)c1. The summed E-state index contributed by atoms with van der Waals surface area (Å²) in [5.41, 5.74) is 9.32. The Balaban J connectivity index is 1.90. The number of hydrogen-bond acceptors (Lipinski definition) is 2. The van der Waals surface area contributed by atoms with Crippen LogP contribution in [0.3, 0.4) is 0 Å². The summed E-state index contributed by atoms with van der Waals surface area (Å²) in [4.78, 5) is 12.2. The number of hydrogen-bond donors (Lipinski definition) is 2. The van der Waals surface area contributed by atoms with Crippen LogP contribution in [0.4, 0.5) is 5.69 Å². The normalized spacial score (nSPS) is 11.9. The van der Waals surface area contributed by atoms with Gasteiger partial charge >= 0.3 is 0 Å². The predicted molar refractivity (Wildman–Crippen MR) is 87.3 cm³/mol. The summed E-state index contributed by atoms with van der Waals surface area (Å²) in [5, 5.41) is 3.01. The van der Waals surface area contributed by atoms with Gasteiger partial charge in [-0.25, -0.2) is 0 Å². The Morgan fingerprint density at radius 3 is 2.57 bits per heavy atom. The fourth-order valence-electron chi connectivity index (χ4n) is 2.29. The van der Waals surface area contributed by atoms with E-state index in [1.54, 1.807) is 6.07 Å². The molecule has 0 aliphatic rings. The molecule has 0 aliphatic heterocycles. The van der Waals surface area contributed by atoms with E-state index < -0.39 is 0 Å². The third-order valence-electron chi connectivity index (χ3n) is 3.54. The van der Waals surface area contributed by atoms with E-state index >= 15 is 0 Å². The second kappa shape index (κ2) is 6.93. The molecule has 0 saturated heterocycles. The van der Waals surface area contributed by atoms with E-state index in [1.807, 2.05) is 44.2 Å². The number of anilines is 1. The molecule has 1 amide bonds. The van der Waals surface area contributed by atoms with E-state index in [-0.39, 0.29) is 11.9 Å². The lowest BCUT2D eigenvalue weighted by atomic mass is 10.1. The quantitative estimate of drug-likeness (QED) is 0.826. The molecule has 0 saturated carbocycles. The smallest absolute Gasteiger partial charge is 0.253 e. The number of nitrogens with two attached hydrogens (primary N) is 1. The molecule has 21 heavy (non-hydrogen) atoms. The molecule has 3 nitrogen and oxygen atoms in total. The Kier molecular flexibility index (Phi) is 4.99. The first-order valence-electron chi connectivity index (χ1n) is 7.27. The molecule has 0 radical (unpaired) electrons. The average molecular weight is 282 g/mol. The van der Waals surface area contributed by atoms with Crippen molar-refractivity contribution in [1.82, 2.24) is 5.32 Å². The van der Waals surface area contributed by atoms with Crippen LogP contribution in [0.15, 0.2) is 48.5 Å². The fourth-order valence-corrected chi connectivity index (χ4v) is 2.29. The first-order chi connectivity index (χ1) is 10.1. The van der Waals surface area contributed by atoms with Gasteiger partial charge in [-0.05, 0) is 49.9 Å². The van der Waals surface area contributed by atoms with Gasteiger partial charge in [0.25, 0.3) is 5.91 Å². The number of rotatable bonds is 5. The van der Waals surface area contributed by atoms with Crippen molar-refractivity contribution >= 4 is 11.6 Å². The maximum atomic E-state index is 12.2. The summed E-state index contributed by atoms with van der Waals surface area (Å²) in [5.74, 6) is -0.104. The predicted octanol–water partition coefficient (Wildman–Crippen LogP) is 3.33. The highest BCUT2D eigenvalue weighted by atomic mass is 16.1. The molecule has 0 aromatic heterocycles. The molecule has 3 heteroatoms. The highest BCUT2D eigenvalue weighted by Crippen LogP contribution is 2.14. The van der Waals surface area contributed by atoms with Crippen LogP contribution in [0.1, 0.15) is 34.8 Å². The fraction of sp³-hybridized carbons (Fsp3) is 0.278. The summed E-state index contributed by atoms with van der Waals surface area (Å²) in [6.07, 6.45) is 1.85. The lowest BCUT2D eigenvalue weighted by Gasteiger charge is -2.15. The first kappa shape index (κ1) is 15.1. The minimum atomic E-state index is -0.104. The van der Waals surface area contributed by atoms with Crippen molar-refractivity contribution in [3.63, 3.8) is 0 Å². The van der Waals surface area contributed by atoms with E-state index in [2.05, 4.69) is 17.4 Å². The molecule has 1 unspecified atom stereocenters. The molecular weight excluding hydrogens is 260 g/mol. The van der Waals surface area contributed by atoms with Crippen LogP contribution >= 0.6 is 0 Å². The Morgan fingerprint density at radius 1 is 1.19 bits per heavy atom. The number of carbonyl (C=O) groups is 1. The Hall–Kier alpha value is -2.29. The van der Waals surface area contributed by atoms with E-state index in [0.717, 1.165) is 18.4 Å². The third kappa shape index (κ3) is 4.35. The zero-order valence-corrected chi connectivity index (χ0v) is 12.6. The van der Waals surface area contributed by atoms with E-state index in [1.165, 1.54) is 5.56 Å². The number of amides is 1. The second-order valence-corrected chi connectivity index (χ2v) is 5.49. The van der Waals surface area contributed by atoms with Gasteiger partial charge < -0.3 is 11.1 Å². The van der Waals surface area contributed by atoms with Gasteiger partial charge in [0.2, 0.25) is 0 Å². The molecule has 2 aromatic carbocycles. The third-order valence-corrected chi connectivity index (χ3v) is 3.54. The van der Waals surface area contributed by atoms with Gasteiger partial charge in [0, 0.05) is 11.7 Å². The van der Waals surface area contributed by atoms with Gasteiger partial charge in [-0.1, -0.05) is 36.4 Å². The highest BCUT2D eigenvalue weighted by Gasteiger charge is 2.12. The zero-order chi connectivity index (χ0) is 15.2. The van der Waals surface area contributed by atoms with E-state index in [0.29, 0.717) is 11.3 Å². The van der Waals surface area contributed by atoms with Gasteiger partial charge in [-0.3, -0.25) is 4.79 Å². The van der Waals surface area contributed by atoms with Crippen molar-refractivity contribution in [3.8, 4) is 0 Å². The van der Waals surface area contributed by atoms with Gasteiger partial charge in [0.05, 0.1) is 5.56 Å².